The highest BCUT2D eigenvalue weighted by Gasteiger charge is 2.11. The molecule has 0 saturated carbocycles. The maximum atomic E-state index is 12.0. The van der Waals surface area contributed by atoms with Gasteiger partial charge < -0.3 is 9.84 Å². The molecule has 1 N–H and O–H groups in total. The second-order valence-electron chi connectivity index (χ2n) is 4.68. The Morgan fingerprint density at radius 2 is 1.90 bits per heavy atom. The summed E-state index contributed by atoms with van der Waals surface area (Å²) in [5.74, 6) is 0.775. The fraction of sp³-hybridized carbons (Fsp3) is 0.250. The first-order valence-corrected chi connectivity index (χ1v) is 6.73. The van der Waals surface area contributed by atoms with Crippen LogP contribution in [0.2, 0.25) is 0 Å². The molecule has 0 radical (unpaired) electrons. The van der Waals surface area contributed by atoms with Gasteiger partial charge in [0.2, 0.25) is 0 Å². The van der Waals surface area contributed by atoms with Gasteiger partial charge in [0, 0.05) is 11.8 Å². The van der Waals surface area contributed by atoms with Gasteiger partial charge in [-0.05, 0) is 42.7 Å². The molecule has 0 bridgehead atoms. The summed E-state index contributed by atoms with van der Waals surface area (Å²) in [6.45, 7) is 4.32. The Labute approximate surface area is 122 Å². The summed E-state index contributed by atoms with van der Waals surface area (Å²) in [5, 5.41) is 8.92. The summed E-state index contributed by atoms with van der Waals surface area (Å²) >= 11 is 0. The summed E-state index contributed by atoms with van der Waals surface area (Å²) in [7, 11) is 0. The fourth-order valence-electron chi connectivity index (χ4n) is 2.05. The predicted molar refractivity (Wildman–Crippen MR) is 80.1 cm³/mol. The van der Waals surface area contributed by atoms with Crippen molar-refractivity contribution in [3.05, 3.63) is 52.4 Å². The van der Waals surface area contributed by atoms with E-state index in [0.717, 1.165) is 23.3 Å². The molecule has 110 valence electrons. The average molecular weight is 287 g/mol. The van der Waals surface area contributed by atoms with Crippen LogP contribution >= 0.6 is 0 Å². The van der Waals surface area contributed by atoms with Crippen molar-refractivity contribution < 1.29 is 14.6 Å². The number of carboxylic acid groups (broad SMARTS) is 1. The molecule has 0 aliphatic rings. The normalized spacial score (nSPS) is 10.4. The van der Waals surface area contributed by atoms with Crippen LogP contribution in [0, 0.1) is 6.92 Å². The molecular weight excluding hydrogens is 270 g/mol. The summed E-state index contributed by atoms with van der Waals surface area (Å²) in [6, 6.07) is 9.03. The van der Waals surface area contributed by atoms with E-state index in [1.54, 1.807) is 13.0 Å². The van der Waals surface area contributed by atoms with Gasteiger partial charge in [0.1, 0.15) is 5.75 Å². The van der Waals surface area contributed by atoms with Gasteiger partial charge in [-0.25, -0.2) is 9.36 Å². The highest BCUT2D eigenvalue weighted by atomic mass is 16.5. The van der Waals surface area contributed by atoms with Crippen LogP contribution in [0.1, 0.15) is 18.9 Å². The first kappa shape index (κ1) is 14.8. The minimum absolute atomic E-state index is 0.405. The number of hydrogen-bond acceptors (Lipinski definition) is 3. The molecule has 21 heavy (non-hydrogen) atoms. The highest BCUT2D eigenvalue weighted by molar-refractivity contribution is 5.72. The number of carbonyl (C=O) groups is 1. The van der Waals surface area contributed by atoms with Crippen molar-refractivity contribution in [2.75, 3.05) is 6.61 Å². The average Bonchev–Trinajstić information content (AvgIpc) is 2.48. The molecule has 2 aromatic rings. The Bertz CT molecular complexity index is 701. The van der Waals surface area contributed by atoms with Crippen molar-refractivity contribution >= 4 is 6.09 Å². The van der Waals surface area contributed by atoms with Crippen molar-refractivity contribution in [3.8, 4) is 16.9 Å². The summed E-state index contributed by atoms with van der Waals surface area (Å²) < 4.78 is 6.19. The third-order valence-electron chi connectivity index (χ3n) is 3.18. The summed E-state index contributed by atoms with van der Waals surface area (Å²) in [5.41, 5.74) is 1.46. The third kappa shape index (κ3) is 3.13. The van der Waals surface area contributed by atoms with E-state index >= 15 is 0 Å². The van der Waals surface area contributed by atoms with Crippen LogP contribution in [0.4, 0.5) is 4.79 Å². The summed E-state index contributed by atoms with van der Waals surface area (Å²) in [4.78, 5) is 22.9. The molecule has 0 spiro atoms. The number of pyridine rings is 1. The maximum Gasteiger partial charge on any atom is 0.418 e. The van der Waals surface area contributed by atoms with Crippen LogP contribution in [-0.4, -0.2) is 22.4 Å². The number of aromatic nitrogens is 1. The molecule has 0 aliphatic heterocycles. The number of hydrogen-bond donors (Lipinski definition) is 1. The lowest BCUT2D eigenvalue weighted by molar-refractivity contribution is 0.195. The lowest BCUT2D eigenvalue weighted by Gasteiger charge is -2.09. The lowest BCUT2D eigenvalue weighted by Crippen LogP contribution is -2.27. The molecule has 0 atom stereocenters. The van der Waals surface area contributed by atoms with Gasteiger partial charge in [-0.2, -0.15) is 0 Å². The highest BCUT2D eigenvalue weighted by Crippen LogP contribution is 2.23. The predicted octanol–water partition coefficient (Wildman–Crippen LogP) is 3.14. The van der Waals surface area contributed by atoms with Gasteiger partial charge in [0.25, 0.3) is 5.56 Å². The van der Waals surface area contributed by atoms with E-state index in [9.17, 15) is 9.59 Å². The van der Waals surface area contributed by atoms with E-state index in [1.165, 1.54) is 6.20 Å². The lowest BCUT2D eigenvalue weighted by atomic mass is 10.0. The van der Waals surface area contributed by atoms with Crippen molar-refractivity contribution in [1.29, 1.82) is 0 Å². The van der Waals surface area contributed by atoms with Gasteiger partial charge >= 0.3 is 6.09 Å². The first-order valence-electron chi connectivity index (χ1n) is 6.73. The molecule has 2 rings (SSSR count). The number of nitrogens with zero attached hydrogens (tertiary/aromatic N) is 1. The third-order valence-corrected chi connectivity index (χ3v) is 3.18. The molecule has 0 unspecified atom stereocenters. The molecule has 5 nitrogen and oxygen atoms in total. The van der Waals surface area contributed by atoms with Crippen LogP contribution in [0.3, 0.4) is 0 Å². The van der Waals surface area contributed by atoms with Crippen LogP contribution in [0.25, 0.3) is 11.1 Å². The minimum atomic E-state index is -1.28. The molecule has 1 heterocycles. The largest absolute Gasteiger partial charge is 0.494 e. The molecule has 0 fully saturated rings. The van der Waals surface area contributed by atoms with E-state index < -0.39 is 11.7 Å². The fourth-order valence-corrected chi connectivity index (χ4v) is 2.05. The van der Waals surface area contributed by atoms with Crippen LogP contribution in [0.5, 0.6) is 5.75 Å². The zero-order valence-electron chi connectivity index (χ0n) is 12.0. The van der Waals surface area contributed by atoms with Crippen LogP contribution in [0.15, 0.2) is 41.3 Å². The van der Waals surface area contributed by atoms with E-state index in [1.807, 2.05) is 31.2 Å². The van der Waals surface area contributed by atoms with Gasteiger partial charge in [-0.3, -0.25) is 4.79 Å². The van der Waals surface area contributed by atoms with E-state index in [-0.39, 0.29) is 0 Å². The van der Waals surface area contributed by atoms with Crippen molar-refractivity contribution in [2.45, 2.75) is 20.3 Å². The Morgan fingerprint density at radius 3 is 2.48 bits per heavy atom. The van der Waals surface area contributed by atoms with Crippen molar-refractivity contribution in [2.24, 2.45) is 0 Å². The Morgan fingerprint density at radius 1 is 1.24 bits per heavy atom. The van der Waals surface area contributed by atoms with Crippen molar-refractivity contribution in [1.82, 2.24) is 4.57 Å². The number of ether oxygens (including phenoxy) is 1. The Kier molecular flexibility index (Phi) is 4.42. The van der Waals surface area contributed by atoms with E-state index in [0.29, 0.717) is 16.7 Å². The van der Waals surface area contributed by atoms with Crippen molar-refractivity contribution in [3.63, 3.8) is 0 Å². The molecule has 0 aliphatic carbocycles. The van der Waals surface area contributed by atoms with Crippen LogP contribution in [-0.2, 0) is 0 Å². The van der Waals surface area contributed by atoms with Gasteiger partial charge in [0.05, 0.1) is 6.61 Å². The quantitative estimate of drug-likeness (QED) is 0.938. The Hall–Kier alpha value is -2.56. The second kappa shape index (κ2) is 6.26. The smallest absolute Gasteiger partial charge is 0.418 e. The standard InChI is InChI=1S/C16H17NO4/c1-3-10-21-13-6-4-12(5-7-13)14-8-9-17(16(19)20)15(18)11(14)2/h4-9H,3,10H2,1-2H3,(H,19,20). The zero-order chi connectivity index (χ0) is 15.4. The zero-order valence-corrected chi connectivity index (χ0v) is 12.0. The van der Waals surface area contributed by atoms with Gasteiger partial charge in [-0.1, -0.05) is 19.1 Å². The monoisotopic (exact) mass is 287 g/mol. The number of rotatable bonds is 4. The van der Waals surface area contributed by atoms with Crippen LogP contribution < -0.4 is 10.3 Å². The van der Waals surface area contributed by atoms with Gasteiger partial charge in [0.15, 0.2) is 0 Å². The minimum Gasteiger partial charge on any atom is -0.494 e. The topological polar surface area (TPSA) is 68.5 Å². The van der Waals surface area contributed by atoms with E-state index in [2.05, 4.69) is 0 Å². The molecular formula is C16H17NO4. The summed E-state index contributed by atoms with van der Waals surface area (Å²) in [6.07, 6.45) is 0.931. The molecule has 0 amide bonds. The second-order valence-corrected chi connectivity index (χ2v) is 4.68. The maximum absolute atomic E-state index is 12.0. The van der Waals surface area contributed by atoms with E-state index in [4.69, 9.17) is 9.84 Å². The first-order chi connectivity index (χ1) is 10.0. The molecule has 1 aromatic carbocycles. The SMILES string of the molecule is CCCOc1ccc(-c2ccn(C(=O)O)c(=O)c2C)cc1. The molecule has 0 saturated heterocycles. The Balaban J connectivity index is 2.36. The number of benzene rings is 1. The van der Waals surface area contributed by atoms with Gasteiger partial charge in [-0.15, -0.1) is 0 Å². The molecule has 1 aromatic heterocycles. The molecule has 5 heteroatoms.